The third-order valence-electron chi connectivity index (χ3n) is 0.956. The van der Waals surface area contributed by atoms with Crippen LogP contribution in [0.2, 0.25) is 0 Å². The van der Waals surface area contributed by atoms with Crippen molar-refractivity contribution in [3.63, 3.8) is 0 Å². The van der Waals surface area contributed by atoms with Crippen LogP contribution >= 0.6 is 12.2 Å². The number of nitrogens with zero attached hydrogens (tertiary/aromatic N) is 1. The molecule has 0 aromatic rings. The molecule has 0 unspecified atom stereocenters. The van der Waals surface area contributed by atoms with Crippen LogP contribution < -0.4 is 0 Å². The summed E-state index contributed by atoms with van der Waals surface area (Å²) in [5, 5.41) is 2.16. The smallest absolute Gasteiger partial charge is 0.358 e. The van der Waals surface area contributed by atoms with Crippen molar-refractivity contribution in [3.8, 4) is 0 Å². The van der Waals surface area contributed by atoms with Gasteiger partial charge in [0.1, 0.15) is 0 Å². The summed E-state index contributed by atoms with van der Waals surface area (Å²) < 4.78 is 18.3. The van der Waals surface area contributed by atoms with Crippen LogP contribution in [0.3, 0.4) is 0 Å². The van der Waals surface area contributed by atoms with E-state index in [1.807, 2.05) is 0 Å². The SMILES string of the molecule is CO[Si](N=C=S)(OC)OC. The molecule has 0 aliphatic carbocycles. The molecule has 0 aromatic heterocycles. The van der Waals surface area contributed by atoms with E-state index < -0.39 is 8.97 Å². The van der Waals surface area contributed by atoms with E-state index in [-0.39, 0.29) is 0 Å². The van der Waals surface area contributed by atoms with Gasteiger partial charge in [0.05, 0.1) is 5.16 Å². The molecule has 0 bridgehead atoms. The zero-order valence-corrected chi connectivity index (χ0v) is 7.90. The molecule has 0 heterocycles. The fourth-order valence-electron chi connectivity index (χ4n) is 0.443. The lowest BCUT2D eigenvalue weighted by Crippen LogP contribution is -2.40. The lowest BCUT2D eigenvalue weighted by Gasteiger charge is -2.16. The van der Waals surface area contributed by atoms with E-state index in [2.05, 4.69) is 22.0 Å². The van der Waals surface area contributed by atoms with Crippen LogP contribution in [-0.4, -0.2) is 35.5 Å². The van der Waals surface area contributed by atoms with Crippen molar-refractivity contribution < 1.29 is 13.3 Å². The van der Waals surface area contributed by atoms with Crippen molar-refractivity contribution in [2.75, 3.05) is 21.3 Å². The van der Waals surface area contributed by atoms with Crippen LogP contribution in [0.1, 0.15) is 0 Å². The van der Waals surface area contributed by atoms with Crippen LogP contribution in [0.4, 0.5) is 0 Å². The second kappa shape index (κ2) is 4.67. The fraction of sp³-hybridized carbons (Fsp3) is 0.750. The Balaban J connectivity index is 4.29. The predicted octanol–water partition coefficient (Wildman–Crippen LogP) is 0.464. The van der Waals surface area contributed by atoms with Crippen molar-refractivity contribution in [2.24, 2.45) is 4.66 Å². The van der Waals surface area contributed by atoms with Crippen molar-refractivity contribution in [3.05, 3.63) is 0 Å². The first-order chi connectivity index (χ1) is 4.74. The summed E-state index contributed by atoms with van der Waals surface area (Å²) in [5.41, 5.74) is 0. The highest BCUT2D eigenvalue weighted by atomic mass is 32.1. The summed E-state index contributed by atoms with van der Waals surface area (Å²) in [5.74, 6) is 0. The summed E-state index contributed by atoms with van der Waals surface area (Å²) in [7, 11) is 1.55. The van der Waals surface area contributed by atoms with Crippen molar-refractivity contribution in [1.29, 1.82) is 0 Å². The van der Waals surface area contributed by atoms with Crippen LogP contribution in [0.15, 0.2) is 4.66 Å². The first-order valence-electron chi connectivity index (χ1n) is 2.49. The highest BCUT2D eigenvalue weighted by Gasteiger charge is 2.39. The second-order valence-corrected chi connectivity index (χ2v) is 4.02. The maximum Gasteiger partial charge on any atom is 0.660 e. The van der Waals surface area contributed by atoms with E-state index >= 15 is 0 Å². The monoisotopic (exact) mass is 179 g/mol. The molecule has 0 aliphatic rings. The Labute approximate surface area is 66.3 Å². The van der Waals surface area contributed by atoms with E-state index in [0.29, 0.717) is 0 Å². The van der Waals surface area contributed by atoms with E-state index in [4.69, 9.17) is 13.3 Å². The molecule has 10 heavy (non-hydrogen) atoms. The van der Waals surface area contributed by atoms with Gasteiger partial charge in [-0.3, -0.25) is 0 Å². The maximum atomic E-state index is 4.88. The number of thiocarbonyl (C=S) groups is 1. The number of hydrogen-bond donors (Lipinski definition) is 0. The quantitative estimate of drug-likeness (QED) is 0.357. The Bertz CT molecular complexity index is 135. The van der Waals surface area contributed by atoms with Gasteiger partial charge in [0.25, 0.3) is 0 Å². The van der Waals surface area contributed by atoms with Gasteiger partial charge in [-0.2, -0.15) is 4.66 Å². The molecule has 0 aromatic carbocycles. The number of isothiocyanates is 1. The van der Waals surface area contributed by atoms with E-state index in [9.17, 15) is 0 Å². The van der Waals surface area contributed by atoms with Crippen molar-refractivity contribution >= 4 is 26.3 Å². The predicted molar refractivity (Wildman–Crippen MR) is 41.8 cm³/mol. The molecule has 0 spiro atoms. The largest absolute Gasteiger partial charge is 0.660 e. The van der Waals surface area contributed by atoms with Gasteiger partial charge in [0.15, 0.2) is 0 Å². The van der Waals surface area contributed by atoms with Crippen molar-refractivity contribution in [2.45, 2.75) is 0 Å². The Morgan fingerprint density at radius 2 is 1.60 bits per heavy atom. The molecule has 0 saturated carbocycles. The van der Waals surface area contributed by atoms with Crippen LogP contribution in [0.25, 0.3) is 0 Å². The zero-order valence-electron chi connectivity index (χ0n) is 6.08. The molecule has 4 nitrogen and oxygen atoms in total. The second-order valence-electron chi connectivity index (χ2n) is 1.34. The average Bonchev–Trinajstić information content (AvgIpc) is 2.01. The van der Waals surface area contributed by atoms with Crippen LogP contribution in [-0.2, 0) is 13.3 Å². The summed E-state index contributed by atoms with van der Waals surface area (Å²) in [4.78, 5) is 0. The van der Waals surface area contributed by atoms with Crippen LogP contribution in [0.5, 0.6) is 0 Å². The first kappa shape index (κ1) is 9.90. The third-order valence-corrected chi connectivity index (χ3v) is 3.14. The van der Waals surface area contributed by atoms with Gasteiger partial charge in [0.2, 0.25) is 0 Å². The number of rotatable bonds is 4. The molecule has 0 saturated heterocycles. The Kier molecular flexibility index (Phi) is 4.62. The highest BCUT2D eigenvalue weighted by molar-refractivity contribution is 7.78. The summed E-state index contributed by atoms with van der Waals surface area (Å²) in [6.45, 7) is 0. The standard InChI is InChI=1S/C4H9NO3SSi/c1-6-10(7-2,8-3)5-4-9/h1-3H3. The molecular weight excluding hydrogens is 170 g/mol. The van der Waals surface area contributed by atoms with Crippen molar-refractivity contribution in [1.82, 2.24) is 0 Å². The highest BCUT2D eigenvalue weighted by Crippen LogP contribution is 2.05. The molecular formula is C4H9NO3SSi. The van der Waals surface area contributed by atoms with Gasteiger partial charge >= 0.3 is 8.97 Å². The topological polar surface area (TPSA) is 40.0 Å². The van der Waals surface area contributed by atoms with E-state index in [1.165, 1.54) is 21.3 Å². The van der Waals surface area contributed by atoms with Gasteiger partial charge in [-0.15, -0.1) is 0 Å². The fourth-order valence-corrected chi connectivity index (χ4v) is 1.66. The first-order valence-corrected chi connectivity index (χ1v) is 4.57. The lowest BCUT2D eigenvalue weighted by atomic mass is 11.8. The minimum atomic E-state index is -2.81. The minimum absolute atomic E-state index is 1.45. The molecule has 58 valence electrons. The van der Waals surface area contributed by atoms with E-state index in [1.54, 1.807) is 0 Å². The molecule has 0 N–H and O–H groups in total. The molecule has 0 amide bonds. The average molecular weight is 179 g/mol. The molecule has 0 rings (SSSR count). The van der Waals surface area contributed by atoms with Gasteiger partial charge < -0.3 is 13.3 Å². The normalized spacial score (nSPS) is 10.7. The third kappa shape index (κ3) is 2.26. The zero-order chi connectivity index (χ0) is 8.04. The molecule has 0 atom stereocenters. The molecule has 0 aliphatic heterocycles. The molecule has 0 fully saturated rings. The molecule has 0 radical (unpaired) electrons. The Morgan fingerprint density at radius 1 is 1.20 bits per heavy atom. The lowest BCUT2D eigenvalue weighted by molar-refractivity contribution is 0.126. The van der Waals surface area contributed by atoms with Gasteiger partial charge in [-0.1, -0.05) is 0 Å². The molecule has 6 heteroatoms. The Morgan fingerprint density at radius 3 is 1.70 bits per heavy atom. The summed E-state index contributed by atoms with van der Waals surface area (Å²) in [6.07, 6.45) is 0. The van der Waals surface area contributed by atoms with Gasteiger partial charge in [-0.25, -0.2) is 0 Å². The Hall–Kier alpha value is -0.103. The summed E-state index contributed by atoms with van der Waals surface area (Å²) >= 11 is 4.38. The van der Waals surface area contributed by atoms with E-state index in [0.717, 1.165) is 0 Å². The van der Waals surface area contributed by atoms with Gasteiger partial charge in [-0.05, 0) is 12.2 Å². The number of hydrogen-bond acceptors (Lipinski definition) is 5. The summed E-state index contributed by atoms with van der Waals surface area (Å²) in [6, 6.07) is 0. The van der Waals surface area contributed by atoms with Crippen LogP contribution in [0, 0.1) is 0 Å². The van der Waals surface area contributed by atoms with Gasteiger partial charge in [0, 0.05) is 21.3 Å². The maximum absolute atomic E-state index is 4.88. The minimum Gasteiger partial charge on any atom is -0.358 e.